The minimum Gasteiger partial charge on any atom is -0.345 e. The van der Waals surface area contributed by atoms with E-state index in [0.29, 0.717) is 61.5 Å². The summed E-state index contributed by atoms with van der Waals surface area (Å²) in [5, 5.41) is 4.71. The number of piperidine rings is 1. The Bertz CT molecular complexity index is 954. The van der Waals surface area contributed by atoms with E-state index >= 15 is 0 Å². The van der Waals surface area contributed by atoms with Crippen LogP contribution in [0.2, 0.25) is 0 Å². The van der Waals surface area contributed by atoms with E-state index in [1.807, 2.05) is 0 Å². The van der Waals surface area contributed by atoms with E-state index in [1.54, 1.807) is 9.58 Å². The van der Waals surface area contributed by atoms with Gasteiger partial charge in [0, 0.05) is 31.8 Å². The number of hydrogen-bond donors (Lipinski definition) is 1. The second kappa shape index (κ2) is 9.00. The van der Waals surface area contributed by atoms with Gasteiger partial charge in [-0.3, -0.25) is 9.59 Å². The van der Waals surface area contributed by atoms with Gasteiger partial charge in [-0.25, -0.2) is 22.8 Å². The number of rotatable bonds is 3. The van der Waals surface area contributed by atoms with Crippen LogP contribution in [-0.2, 0) is 4.79 Å². The zero-order valence-corrected chi connectivity index (χ0v) is 17.4. The maximum absolute atomic E-state index is 13.3. The van der Waals surface area contributed by atoms with E-state index in [9.17, 15) is 22.8 Å². The Kier molecular flexibility index (Phi) is 6.34. The van der Waals surface area contributed by atoms with Crippen molar-refractivity contribution in [2.45, 2.75) is 81.8 Å². The Labute approximate surface area is 178 Å². The van der Waals surface area contributed by atoms with Crippen LogP contribution >= 0.6 is 0 Å². The van der Waals surface area contributed by atoms with Crippen molar-refractivity contribution in [2.24, 2.45) is 0 Å². The Morgan fingerprint density at radius 1 is 1.10 bits per heavy atom. The molecule has 1 N–H and O–H groups in total. The average molecular weight is 439 g/mol. The number of halogens is 3. The number of nitrogens with zero attached hydrogens (tertiary/aromatic N) is 4. The fraction of sp³-hybridized carbons (Fsp3) is 0.714. The predicted octanol–water partition coefficient (Wildman–Crippen LogP) is 3.71. The van der Waals surface area contributed by atoms with Gasteiger partial charge in [0.25, 0.3) is 5.56 Å². The normalized spacial score (nSPS) is 22.6. The highest BCUT2D eigenvalue weighted by atomic mass is 19.3. The van der Waals surface area contributed by atoms with Crippen molar-refractivity contribution in [3.63, 3.8) is 0 Å². The number of amides is 1. The van der Waals surface area contributed by atoms with Gasteiger partial charge in [-0.05, 0) is 38.5 Å². The number of nitrogens with one attached hydrogen (secondary N) is 1. The van der Waals surface area contributed by atoms with Crippen LogP contribution in [0.25, 0.3) is 11.0 Å². The SMILES string of the molecule is O=CN1CCC(F)CC1.O=c1[nH]c(C2CCC2)nc2c1cnn2C1CCC(F)(F)CC1. The molecule has 1 aliphatic heterocycles. The lowest BCUT2D eigenvalue weighted by atomic mass is 9.85. The van der Waals surface area contributed by atoms with Crippen LogP contribution in [0.15, 0.2) is 11.0 Å². The highest BCUT2D eigenvalue weighted by Crippen LogP contribution is 2.39. The average Bonchev–Trinajstić information content (AvgIpc) is 3.12. The lowest BCUT2D eigenvalue weighted by molar-refractivity contribution is -0.119. The zero-order chi connectivity index (χ0) is 22.0. The van der Waals surface area contributed by atoms with E-state index in [2.05, 4.69) is 15.1 Å². The van der Waals surface area contributed by atoms with Crippen LogP contribution < -0.4 is 5.56 Å². The minimum atomic E-state index is -2.57. The van der Waals surface area contributed by atoms with E-state index in [-0.39, 0.29) is 24.4 Å². The van der Waals surface area contributed by atoms with Crippen molar-refractivity contribution in [1.29, 1.82) is 0 Å². The molecule has 3 fully saturated rings. The fourth-order valence-electron chi connectivity index (χ4n) is 4.34. The molecule has 0 radical (unpaired) electrons. The van der Waals surface area contributed by atoms with Gasteiger partial charge in [-0.1, -0.05) is 6.42 Å². The van der Waals surface area contributed by atoms with Crippen LogP contribution in [0, 0.1) is 0 Å². The van der Waals surface area contributed by atoms with Crippen LogP contribution in [0.1, 0.15) is 75.6 Å². The predicted molar refractivity (Wildman–Crippen MR) is 109 cm³/mol. The number of fused-ring (bicyclic) bond motifs is 1. The third kappa shape index (κ3) is 4.93. The molecule has 3 aliphatic rings. The number of alkyl halides is 3. The third-order valence-corrected chi connectivity index (χ3v) is 6.61. The largest absolute Gasteiger partial charge is 0.345 e. The van der Waals surface area contributed by atoms with Crippen molar-refractivity contribution >= 4 is 17.4 Å². The summed E-state index contributed by atoms with van der Waals surface area (Å²) in [6.07, 6.45) is 6.35. The summed E-state index contributed by atoms with van der Waals surface area (Å²) >= 11 is 0. The smallest absolute Gasteiger partial charge is 0.262 e. The topological polar surface area (TPSA) is 83.9 Å². The Morgan fingerprint density at radius 2 is 1.77 bits per heavy atom. The number of hydrogen-bond acceptors (Lipinski definition) is 4. The molecule has 5 rings (SSSR count). The van der Waals surface area contributed by atoms with Gasteiger partial charge in [0.1, 0.15) is 17.4 Å². The lowest BCUT2D eigenvalue weighted by Gasteiger charge is -2.28. The molecule has 31 heavy (non-hydrogen) atoms. The van der Waals surface area contributed by atoms with Crippen LogP contribution in [0.4, 0.5) is 13.2 Å². The summed E-state index contributed by atoms with van der Waals surface area (Å²) in [7, 11) is 0. The summed E-state index contributed by atoms with van der Waals surface area (Å²) in [5.41, 5.74) is 0.361. The number of carbonyl (C=O) groups is 1. The quantitative estimate of drug-likeness (QED) is 0.739. The lowest BCUT2D eigenvalue weighted by Crippen LogP contribution is -2.33. The highest BCUT2D eigenvalue weighted by molar-refractivity contribution is 5.73. The Hall–Kier alpha value is -2.39. The molecule has 0 unspecified atom stereocenters. The van der Waals surface area contributed by atoms with Gasteiger partial charge < -0.3 is 9.88 Å². The molecule has 2 aromatic rings. The monoisotopic (exact) mass is 439 g/mol. The van der Waals surface area contributed by atoms with Gasteiger partial charge in [0.05, 0.1) is 12.2 Å². The van der Waals surface area contributed by atoms with E-state index in [1.165, 1.54) is 6.20 Å². The molecule has 2 saturated carbocycles. The fourth-order valence-corrected chi connectivity index (χ4v) is 4.34. The molecule has 0 atom stereocenters. The Balaban J connectivity index is 0.000000217. The van der Waals surface area contributed by atoms with E-state index in [0.717, 1.165) is 25.7 Å². The van der Waals surface area contributed by atoms with E-state index < -0.39 is 12.1 Å². The second-order valence-electron chi connectivity index (χ2n) is 8.81. The van der Waals surface area contributed by atoms with Crippen LogP contribution in [-0.4, -0.2) is 56.2 Å². The first-order valence-corrected chi connectivity index (χ1v) is 11.0. The molecular formula is C21H28F3N5O2. The molecule has 0 bridgehead atoms. The minimum absolute atomic E-state index is 0.0966. The van der Waals surface area contributed by atoms with Crippen molar-refractivity contribution in [3.05, 3.63) is 22.4 Å². The number of likely N-dealkylation sites (tertiary alicyclic amines) is 1. The van der Waals surface area contributed by atoms with Gasteiger partial charge in [-0.2, -0.15) is 5.10 Å². The first kappa shape index (κ1) is 21.8. The molecule has 0 spiro atoms. The van der Waals surface area contributed by atoms with Gasteiger partial charge in [0.2, 0.25) is 12.3 Å². The summed E-state index contributed by atoms with van der Waals surface area (Å²) in [4.78, 5) is 31.3. The number of H-pyrrole nitrogens is 1. The molecule has 0 aromatic carbocycles. The van der Waals surface area contributed by atoms with Crippen molar-refractivity contribution in [3.8, 4) is 0 Å². The van der Waals surface area contributed by atoms with Crippen molar-refractivity contribution in [1.82, 2.24) is 24.6 Å². The maximum atomic E-state index is 13.3. The Morgan fingerprint density at radius 3 is 2.35 bits per heavy atom. The molecule has 3 heterocycles. The highest BCUT2D eigenvalue weighted by Gasteiger charge is 2.36. The molecule has 2 aromatic heterocycles. The molecule has 1 amide bonds. The summed E-state index contributed by atoms with van der Waals surface area (Å²) < 4.78 is 40.7. The molecule has 10 heteroatoms. The van der Waals surface area contributed by atoms with Crippen molar-refractivity contribution in [2.75, 3.05) is 13.1 Å². The summed E-state index contributed by atoms with van der Waals surface area (Å²) in [6, 6.07) is -0.0966. The van der Waals surface area contributed by atoms with Crippen molar-refractivity contribution < 1.29 is 18.0 Å². The summed E-state index contributed by atoms with van der Waals surface area (Å²) in [6.45, 7) is 1.18. The number of aromatic amines is 1. The first-order chi connectivity index (χ1) is 14.9. The number of carbonyl (C=O) groups excluding carboxylic acids is 1. The molecule has 170 valence electrons. The third-order valence-electron chi connectivity index (χ3n) is 6.61. The molecule has 1 saturated heterocycles. The van der Waals surface area contributed by atoms with Gasteiger partial charge in [-0.15, -0.1) is 0 Å². The maximum Gasteiger partial charge on any atom is 0.262 e. The molecular weight excluding hydrogens is 411 g/mol. The summed E-state index contributed by atoms with van der Waals surface area (Å²) in [5.74, 6) is -1.54. The van der Waals surface area contributed by atoms with Crippen LogP contribution in [0.5, 0.6) is 0 Å². The molecule has 2 aliphatic carbocycles. The molecule has 7 nitrogen and oxygen atoms in total. The standard InChI is InChI=1S/C15H18F2N4O.C6H10FNO/c16-15(17)6-4-10(5-7-15)21-13-11(8-18-21)14(22)20-12(19-13)9-2-1-3-9;7-6-1-3-8(5-9)4-2-6/h8-10H,1-7H2,(H,19,20,22);5-6H,1-4H2. The van der Waals surface area contributed by atoms with Crippen LogP contribution in [0.3, 0.4) is 0 Å². The second-order valence-corrected chi connectivity index (χ2v) is 8.81. The first-order valence-electron chi connectivity index (χ1n) is 11.0. The van der Waals surface area contributed by atoms with Gasteiger partial charge in [0.15, 0.2) is 5.65 Å². The number of aromatic nitrogens is 4. The van der Waals surface area contributed by atoms with E-state index in [4.69, 9.17) is 0 Å². The van der Waals surface area contributed by atoms with Gasteiger partial charge >= 0.3 is 0 Å². The zero-order valence-electron chi connectivity index (χ0n) is 17.4.